The standard InChI is InChI=1S/C7H13NO/c8-6-1-5-2-7(6,3-5)4-9/h5-6,9H,1-4,8H2. The fourth-order valence-corrected chi connectivity index (χ4v) is 2.41. The highest BCUT2D eigenvalue weighted by Gasteiger charge is 2.55. The third-order valence-corrected chi connectivity index (χ3v) is 3.08. The summed E-state index contributed by atoms with van der Waals surface area (Å²) < 4.78 is 0. The van der Waals surface area contributed by atoms with E-state index in [1.54, 1.807) is 0 Å². The molecule has 3 aliphatic carbocycles. The van der Waals surface area contributed by atoms with Crippen LogP contribution in [0, 0.1) is 11.3 Å². The highest BCUT2D eigenvalue weighted by atomic mass is 16.3. The average Bonchev–Trinajstić information content (AvgIpc) is 2.17. The molecule has 0 spiro atoms. The molecular formula is C7H13NO. The number of fused-ring (bicyclic) bond motifs is 1. The highest BCUT2D eigenvalue weighted by molar-refractivity contribution is 5.08. The van der Waals surface area contributed by atoms with Crippen LogP contribution in [0.2, 0.25) is 0 Å². The smallest absolute Gasteiger partial charge is 0.0502 e. The molecule has 0 amide bonds. The molecule has 3 N–H and O–H groups in total. The molecule has 2 heteroatoms. The second-order valence-electron chi connectivity index (χ2n) is 3.64. The van der Waals surface area contributed by atoms with Gasteiger partial charge in [-0.25, -0.2) is 0 Å². The van der Waals surface area contributed by atoms with Gasteiger partial charge in [-0.2, -0.15) is 0 Å². The molecular weight excluding hydrogens is 114 g/mol. The van der Waals surface area contributed by atoms with Crippen LogP contribution >= 0.6 is 0 Å². The first-order valence-electron chi connectivity index (χ1n) is 3.63. The van der Waals surface area contributed by atoms with E-state index in [0.29, 0.717) is 12.6 Å². The summed E-state index contributed by atoms with van der Waals surface area (Å²) in [6.45, 7) is 0.310. The molecule has 3 saturated carbocycles. The Bertz CT molecular complexity index is 129. The van der Waals surface area contributed by atoms with Gasteiger partial charge in [0.25, 0.3) is 0 Å². The minimum atomic E-state index is 0.171. The Kier molecular flexibility index (Phi) is 0.945. The van der Waals surface area contributed by atoms with Crippen molar-refractivity contribution in [3.63, 3.8) is 0 Å². The minimum absolute atomic E-state index is 0.171. The number of nitrogens with two attached hydrogens (primary N) is 1. The summed E-state index contributed by atoms with van der Waals surface area (Å²) in [6, 6.07) is 0.299. The van der Waals surface area contributed by atoms with Gasteiger partial charge in [-0.1, -0.05) is 0 Å². The quantitative estimate of drug-likeness (QED) is 0.525. The van der Waals surface area contributed by atoms with Crippen molar-refractivity contribution in [1.29, 1.82) is 0 Å². The molecule has 1 atom stereocenters. The summed E-state index contributed by atoms with van der Waals surface area (Å²) in [4.78, 5) is 0. The van der Waals surface area contributed by atoms with E-state index >= 15 is 0 Å². The number of hydrogen-bond acceptors (Lipinski definition) is 2. The number of hydrogen-bond donors (Lipinski definition) is 2. The van der Waals surface area contributed by atoms with E-state index in [2.05, 4.69) is 0 Å². The largest absolute Gasteiger partial charge is 0.396 e. The fourth-order valence-electron chi connectivity index (χ4n) is 2.41. The monoisotopic (exact) mass is 127 g/mol. The molecule has 2 bridgehead atoms. The van der Waals surface area contributed by atoms with Crippen molar-refractivity contribution >= 4 is 0 Å². The second-order valence-corrected chi connectivity index (χ2v) is 3.64. The Morgan fingerprint density at radius 3 is 2.44 bits per heavy atom. The van der Waals surface area contributed by atoms with Gasteiger partial charge in [-0.05, 0) is 25.2 Å². The molecule has 9 heavy (non-hydrogen) atoms. The maximum atomic E-state index is 8.95. The summed E-state index contributed by atoms with van der Waals surface area (Å²) >= 11 is 0. The van der Waals surface area contributed by atoms with Gasteiger partial charge in [0.1, 0.15) is 0 Å². The molecule has 1 unspecified atom stereocenters. The average molecular weight is 127 g/mol. The molecule has 2 nitrogen and oxygen atoms in total. The van der Waals surface area contributed by atoms with Gasteiger partial charge in [-0.3, -0.25) is 0 Å². The molecule has 0 aromatic heterocycles. The number of aliphatic hydroxyl groups is 1. The predicted octanol–water partition coefficient (Wildman–Crippen LogP) is 0.106. The van der Waals surface area contributed by atoms with Crippen molar-refractivity contribution in [2.45, 2.75) is 25.3 Å². The lowest BCUT2D eigenvalue weighted by Gasteiger charge is -2.38. The van der Waals surface area contributed by atoms with Gasteiger partial charge in [0.15, 0.2) is 0 Å². The third-order valence-electron chi connectivity index (χ3n) is 3.08. The lowest BCUT2D eigenvalue weighted by Crippen LogP contribution is -2.42. The molecule has 3 rings (SSSR count). The van der Waals surface area contributed by atoms with Crippen LogP contribution < -0.4 is 5.73 Å². The van der Waals surface area contributed by atoms with E-state index in [1.807, 2.05) is 0 Å². The lowest BCUT2D eigenvalue weighted by molar-refractivity contribution is 0.0463. The van der Waals surface area contributed by atoms with Crippen molar-refractivity contribution in [3.05, 3.63) is 0 Å². The van der Waals surface area contributed by atoms with Crippen LogP contribution in [0.1, 0.15) is 19.3 Å². The Labute approximate surface area is 55.1 Å². The summed E-state index contributed by atoms with van der Waals surface area (Å²) in [5.74, 6) is 0.854. The van der Waals surface area contributed by atoms with Crippen molar-refractivity contribution in [3.8, 4) is 0 Å². The Morgan fingerprint density at radius 2 is 2.22 bits per heavy atom. The SMILES string of the molecule is NC1CC2CC1(CO)C2. The molecule has 0 radical (unpaired) electrons. The molecule has 0 heterocycles. The fraction of sp³-hybridized carbons (Fsp3) is 1.00. The van der Waals surface area contributed by atoms with Gasteiger partial charge in [-0.15, -0.1) is 0 Å². The van der Waals surface area contributed by atoms with Crippen LogP contribution in [0.5, 0.6) is 0 Å². The zero-order valence-electron chi connectivity index (χ0n) is 5.51. The van der Waals surface area contributed by atoms with Crippen molar-refractivity contribution in [2.75, 3.05) is 6.61 Å². The van der Waals surface area contributed by atoms with E-state index in [9.17, 15) is 0 Å². The maximum Gasteiger partial charge on any atom is 0.0502 e. The first-order valence-corrected chi connectivity index (χ1v) is 3.63. The Hall–Kier alpha value is -0.0800. The van der Waals surface area contributed by atoms with Gasteiger partial charge in [0.2, 0.25) is 0 Å². The van der Waals surface area contributed by atoms with E-state index in [1.165, 1.54) is 12.8 Å². The van der Waals surface area contributed by atoms with Crippen molar-refractivity contribution < 1.29 is 5.11 Å². The summed E-state index contributed by atoms with van der Waals surface area (Å²) in [6.07, 6.45) is 3.52. The first kappa shape index (κ1) is 5.69. The van der Waals surface area contributed by atoms with E-state index in [-0.39, 0.29) is 5.41 Å². The summed E-state index contributed by atoms with van der Waals surface area (Å²) in [5.41, 5.74) is 5.98. The maximum absolute atomic E-state index is 8.95. The second kappa shape index (κ2) is 1.50. The van der Waals surface area contributed by atoms with Gasteiger partial charge in [0, 0.05) is 11.5 Å². The van der Waals surface area contributed by atoms with Crippen LogP contribution in [0.25, 0.3) is 0 Å². The number of rotatable bonds is 1. The molecule has 3 aliphatic rings. The predicted molar refractivity (Wildman–Crippen MR) is 34.8 cm³/mol. The lowest BCUT2D eigenvalue weighted by atomic mass is 9.69. The molecule has 0 aliphatic heterocycles. The molecule has 52 valence electrons. The summed E-state index contributed by atoms with van der Waals surface area (Å²) in [5, 5.41) is 8.95. The topological polar surface area (TPSA) is 46.2 Å². The first-order chi connectivity index (χ1) is 4.27. The third kappa shape index (κ3) is 0.528. The summed E-state index contributed by atoms with van der Waals surface area (Å²) in [7, 11) is 0. The van der Waals surface area contributed by atoms with Crippen LogP contribution in [0.3, 0.4) is 0 Å². The zero-order chi connectivity index (χ0) is 6.48. The van der Waals surface area contributed by atoms with E-state index in [0.717, 1.165) is 12.3 Å². The normalized spacial score (nSPS) is 55.3. The molecule has 0 aromatic carbocycles. The molecule has 0 aromatic rings. The van der Waals surface area contributed by atoms with Gasteiger partial charge >= 0.3 is 0 Å². The van der Waals surface area contributed by atoms with Crippen LogP contribution in [0.15, 0.2) is 0 Å². The Morgan fingerprint density at radius 1 is 1.56 bits per heavy atom. The highest BCUT2D eigenvalue weighted by Crippen LogP contribution is 2.57. The zero-order valence-corrected chi connectivity index (χ0v) is 5.51. The van der Waals surface area contributed by atoms with E-state index < -0.39 is 0 Å². The Balaban J connectivity index is 2.15. The van der Waals surface area contributed by atoms with Gasteiger partial charge < -0.3 is 10.8 Å². The van der Waals surface area contributed by atoms with Crippen LogP contribution in [-0.2, 0) is 0 Å². The number of aliphatic hydroxyl groups excluding tert-OH is 1. The van der Waals surface area contributed by atoms with Gasteiger partial charge in [0.05, 0.1) is 6.61 Å². The van der Waals surface area contributed by atoms with Crippen molar-refractivity contribution in [1.82, 2.24) is 0 Å². The van der Waals surface area contributed by atoms with Crippen LogP contribution in [-0.4, -0.2) is 17.8 Å². The molecule has 0 saturated heterocycles. The minimum Gasteiger partial charge on any atom is -0.396 e. The van der Waals surface area contributed by atoms with E-state index in [4.69, 9.17) is 10.8 Å². The molecule has 3 fully saturated rings. The van der Waals surface area contributed by atoms with Crippen molar-refractivity contribution in [2.24, 2.45) is 17.1 Å². The van der Waals surface area contributed by atoms with Crippen LogP contribution in [0.4, 0.5) is 0 Å².